The molecule has 1 fully saturated rings. The van der Waals surface area contributed by atoms with Crippen LogP contribution >= 0.6 is 0 Å². The summed E-state index contributed by atoms with van der Waals surface area (Å²) in [5.41, 5.74) is 2.70. The molecule has 2 atom stereocenters. The molecule has 2 aromatic rings. The van der Waals surface area contributed by atoms with E-state index < -0.39 is 0 Å². The lowest BCUT2D eigenvalue weighted by atomic mass is 9.85. The van der Waals surface area contributed by atoms with Gasteiger partial charge in [0.15, 0.2) is 0 Å². The Morgan fingerprint density at radius 3 is 1.50 bits per heavy atom. The molecule has 0 amide bonds. The average Bonchev–Trinajstić information content (AvgIpc) is 2.81. The van der Waals surface area contributed by atoms with E-state index in [1.165, 1.54) is 11.1 Å². The van der Waals surface area contributed by atoms with Gasteiger partial charge in [-0.1, -0.05) is 60.7 Å². The van der Waals surface area contributed by atoms with Gasteiger partial charge in [-0.05, 0) is 35.8 Å². The number of Topliss-reactive ketones (excluding diaryl/α,β-unsaturated/α-hetero) is 1. The van der Waals surface area contributed by atoms with Gasteiger partial charge in [-0.3, -0.25) is 4.79 Å². The van der Waals surface area contributed by atoms with Crippen molar-refractivity contribution in [3.63, 3.8) is 0 Å². The summed E-state index contributed by atoms with van der Waals surface area (Å²) in [4.78, 5) is 11.8. The number of hydrogen-bond donors (Lipinski definition) is 0. The van der Waals surface area contributed by atoms with Crippen LogP contribution in [0.3, 0.4) is 0 Å². The van der Waals surface area contributed by atoms with E-state index in [9.17, 15) is 4.79 Å². The van der Waals surface area contributed by atoms with Crippen LogP contribution in [0.4, 0.5) is 0 Å². The normalized spacial score (nSPS) is 22.1. The molecule has 0 aliphatic heterocycles. The van der Waals surface area contributed by atoms with Crippen molar-refractivity contribution in [2.75, 3.05) is 0 Å². The Morgan fingerprint density at radius 2 is 1.10 bits per heavy atom. The molecular formula is C19H20O. The molecule has 1 saturated carbocycles. The van der Waals surface area contributed by atoms with Crippen LogP contribution in [-0.4, -0.2) is 5.78 Å². The van der Waals surface area contributed by atoms with Crippen molar-refractivity contribution in [2.24, 2.45) is 11.8 Å². The minimum absolute atomic E-state index is 0.437. The Hall–Kier alpha value is -1.89. The van der Waals surface area contributed by atoms with Crippen molar-refractivity contribution in [1.29, 1.82) is 0 Å². The molecule has 0 saturated heterocycles. The van der Waals surface area contributed by atoms with E-state index in [4.69, 9.17) is 0 Å². The van der Waals surface area contributed by atoms with Gasteiger partial charge in [-0.15, -0.1) is 0 Å². The van der Waals surface area contributed by atoms with Crippen LogP contribution in [0.1, 0.15) is 24.0 Å². The molecule has 0 heterocycles. The molecule has 0 aromatic heterocycles. The van der Waals surface area contributed by atoms with Gasteiger partial charge in [0.05, 0.1) is 0 Å². The highest BCUT2D eigenvalue weighted by Crippen LogP contribution is 2.34. The standard InChI is InChI=1S/C19H20O/c20-19-13-17(11-15-7-3-1-4-8-15)18(14-19)12-16-9-5-2-6-10-16/h1-10,17-18H,11-14H2/t17-,18-/m0/s1. The first-order chi connectivity index (χ1) is 9.81. The lowest BCUT2D eigenvalue weighted by molar-refractivity contribution is -0.117. The Labute approximate surface area is 120 Å². The highest BCUT2D eigenvalue weighted by Gasteiger charge is 2.32. The number of ketones is 1. The quantitative estimate of drug-likeness (QED) is 0.813. The Kier molecular flexibility index (Phi) is 3.96. The fourth-order valence-electron chi connectivity index (χ4n) is 3.31. The summed E-state index contributed by atoms with van der Waals surface area (Å²) in [6, 6.07) is 21.1. The number of carbonyl (C=O) groups excluding carboxylic acids is 1. The van der Waals surface area contributed by atoms with Gasteiger partial charge >= 0.3 is 0 Å². The van der Waals surface area contributed by atoms with E-state index in [0.29, 0.717) is 17.6 Å². The molecule has 2 aromatic carbocycles. The van der Waals surface area contributed by atoms with E-state index in [2.05, 4.69) is 48.5 Å². The minimum atomic E-state index is 0.437. The monoisotopic (exact) mass is 264 g/mol. The number of hydrogen-bond acceptors (Lipinski definition) is 1. The molecule has 0 N–H and O–H groups in total. The van der Waals surface area contributed by atoms with Gasteiger partial charge in [0.1, 0.15) is 5.78 Å². The molecule has 1 aliphatic carbocycles. The first kappa shape index (κ1) is 13.1. The van der Waals surface area contributed by atoms with E-state index in [1.807, 2.05) is 12.1 Å². The van der Waals surface area contributed by atoms with Gasteiger partial charge in [-0.25, -0.2) is 0 Å². The maximum atomic E-state index is 11.8. The highest BCUT2D eigenvalue weighted by atomic mass is 16.1. The van der Waals surface area contributed by atoms with E-state index >= 15 is 0 Å². The topological polar surface area (TPSA) is 17.1 Å². The number of carbonyl (C=O) groups is 1. The van der Waals surface area contributed by atoms with Crippen molar-refractivity contribution in [2.45, 2.75) is 25.7 Å². The van der Waals surface area contributed by atoms with Gasteiger partial charge in [0, 0.05) is 12.8 Å². The molecule has 0 unspecified atom stereocenters. The van der Waals surface area contributed by atoms with Crippen LogP contribution in [0.25, 0.3) is 0 Å². The fourth-order valence-corrected chi connectivity index (χ4v) is 3.31. The van der Waals surface area contributed by atoms with E-state index in [0.717, 1.165) is 25.7 Å². The second kappa shape index (κ2) is 6.04. The molecule has 0 radical (unpaired) electrons. The minimum Gasteiger partial charge on any atom is -0.300 e. The molecule has 20 heavy (non-hydrogen) atoms. The summed E-state index contributed by atoms with van der Waals surface area (Å²) < 4.78 is 0. The Bertz CT molecular complexity index is 507. The second-order valence-electron chi connectivity index (χ2n) is 5.85. The van der Waals surface area contributed by atoms with Crippen molar-refractivity contribution >= 4 is 5.78 Å². The number of rotatable bonds is 4. The summed E-state index contributed by atoms with van der Waals surface area (Å²) in [6.45, 7) is 0. The van der Waals surface area contributed by atoms with Gasteiger partial charge < -0.3 is 0 Å². The van der Waals surface area contributed by atoms with Crippen LogP contribution in [0.15, 0.2) is 60.7 Å². The third-order valence-corrected chi connectivity index (χ3v) is 4.33. The first-order valence-corrected chi connectivity index (χ1v) is 7.41. The van der Waals surface area contributed by atoms with E-state index in [1.54, 1.807) is 0 Å². The zero-order chi connectivity index (χ0) is 13.8. The molecule has 0 spiro atoms. The van der Waals surface area contributed by atoms with Crippen molar-refractivity contribution in [3.05, 3.63) is 71.8 Å². The van der Waals surface area contributed by atoms with Gasteiger partial charge in [-0.2, -0.15) is 0 Å². The fraction of sp³-hybridized carbons (Fsp3) is 0.316. The summed E-state index contributed by atoms with van der Waals surface area (Å²) in [6.07, 6.45) is 3.58. The maximum Gasteiger partial charge on any atom is 0.133 e. The molecule has 102 valence electrons. The molecule has 1 aliphatic rings. The smallest absolute Gasteiger partial charge is 0.133 e. The molecule has 1 nitrogen and oxygen atoms in total. The largest absolute Gasteiger partial charge is 0.300 e. The molecular weight excluding hydrogens is 244 g/mol. The van der Waals surface area contributed by atoms with Crippen LogP contribution < -0.4 is 0 Å². The molecule has 0 bridgehead atoms. The maximum absolute atomic E-state index is 11.8. The van der Waals surface area contributed by atoms with Crippen LogP contribution in [0, 0.1) is 11.8 Å². The average molecular weight is 264 g/mol. The summed E-state index contributed by atoms with van der Waals surface area (Å²) in [5.74, 6) is 1.45. The third-order valence-electron chi connectivity index (χ3n) is 4.33. The van der Waals surface area contributed by atoms with Crippen molar-refractivity contribution < 1.29 is 4.79 Å². The zero-order valence-electron chi connectivity index (χ0n) is 11.7. The highest BCUT2D eigenvalue weighted by molar-refractivity contribution is 5.81. The second-order valence-corrected chi connectivity index (χ2v) is 5.85. The zero-order valence-corrected chi connectivity index (χ0v) is 11.7. The van der Waals surface area contributed by atoms with Crippen LogP contribution in [-0.2, 0) is 17.6 Å². The lowest BCUT2D eigenvalue weighted by Gasteiger charge is -2.19. The van der Waals surface area contributed by atoms with Crippen molar-refractivity contribution in [1.82, 2.24) is 0 Å². The van der Waals surface area contributed by atoms with Gasteiger partial charge in [0.2, 0.25) is 0 Å². The summed E-state index contributed by atoms with van der Waals surface area (Å²) in [5, 5.41) is 0. The Balaban J connectivity index is 1.70. The summed E-state index contributed by atoms with van der Waals surface area (Å²) >= 11 is 0. The SMILES string of the molecule is O=C1C[C@H](Cc2ccccc2)[C@@H](Cc2ccccc2)C1. The molecule has 3 rings (SSSR count). The van der Waals surface area contributed by atoms with E-state index in [-0.39, 0.29) is 0 Å². The molecule has 1 heteroatoms. The van der Waals surface area contributed by atoms with Gasteiger partial charge in [0.25, 0.3) is 0 Å². The predicted molar refractivity (Wildman–Crippen MR) is 81.5 cm³/mol. The third kappa shape index (κ3) is 3.16. The first-order valence-electron chi connectivity index (χ1n) is 7.41. The van der Waals surface area contributed by atoms with Crippen LogP contribution in [0.5, 0.6) is 0 Å². The van der Waals surface area contributed by atoms with Crippen LogP contribution in [0.2, 0.25) is 0 Å². The predicted octanol–water partition coefficient (Wildman–Crippen LogP) is 4.07. The lowest BCUT2D eigenvalue weighted by Crippen LogP contribution is -2.13. The summed E-state index contributed by atoms with van der Waals surface area (Å²) in [7, 11) is 0. The Morgan fingerprint density at radius 1 is 0.700 bits per heavy atom. The number of benzene rings is 2. The van der Waals surface area contributed by atoms with Crippen molar-refractivity contribution in [3.8, 4) is 0 Å².